The second-order valence-corrected chi connectivity index (χ2v) is 10.2. The first-order chi connectivity index (χ1) is 18.4. The van der Waals surface area contributed by atoms with E-state index in [1.807, 2.05) is 55.5 Å². The monoisotopic (exact) mass is 528 g/mol. The lowest BCUT2D eigenvalue weighted by atomic mass is 9.97. The van der Waals surface area contributed by atoms with Crippen molar-refractivity contribution in [2.24, 2.45) is 10.1 Å². The summed E-state index contributed by atoms with van der Waals surface area (Å²) in [6, 6.07) is 22.9. The van der Waals surface area contributed by atoms with Crippen LogP contribution in [0.1, 0.15) is 35.6 Å². The number of hydrogen-bond acceptors (Lipinski definition) is 7. The van der Waals surface area contributed by atoms with E-state index in [1.165, 1.54) is 11.8 Å². The van der Waals surface area contributed by atoms with E-state index in [4.69, 9.17) is 14.6 Å². The SMILES string of the molecule is COc1ccc(OC)c(C2=NN(C3=NC(=O)[C@@H](CC(=O)Nc4ccccc4)S3)[C@@H](c3ccc(C)cc3)C2)c1. The third-order valence-electron chi connectivity index (χ3n) is 6.44. The number of aliphatic imine (C=N–C) groups is 1. The number of benzene rings is 3. The lowest BCUT2D eigenvalue weighted by molar-refractivity contribution is -0.121. The van der Waals surface area contributed by atoms with Crippen molar-refractivity contribution in [1.82, 2.24) is 5.01 Å². The molecule has 3 aromatic carbocycles. The molecule has 9 heteroatoms. The van der Waals surface area contributed by atoms with Gasteiger partial charge in [0.2, 0.25) is 5.91 Å². The van der Waals surface area contributed by atoms with E-state index < -0.39 is 5.25 Å². The van der Waals surface area contributed by atoms with Crippen LogP contribution in [0.3, 0.4) is 0 Å². The Morgan fingerprint density at radius 2 is 1.82 bits per heavy atom. The van der Waals surface area contributed by atoms with Crippen LogP contribution < -0.4 is 14.8 Å². The van der Waals surface area contributed by atoms with Crippen LogP contribution in [0.15, 0.2) is 82.9 Å². The van der Waals surface area contributed by atoms with E-state index >= 15 is 0 Å². The molecular weight excluding hydrogens is 500 g/mol. The fraction of sp³-hybridized carbons (Fsp3) is 0.241. The van der Waals surface area contributed by atoms with Gasteiger partial charge in [-0.05, 0) is 42.8 Å². The van der Waals surface area contributed by atoms with Gasteiger partial charge in [-0.25, -0.2) is 5.01 Å². The molecule has 2 aliphatic heterocycles. The molecule has 3 aromatic rings. The van der Waals surface area contributed by atoms with E-state index in [0.717, 1.165) is 22.4 Å². The number of nitrogens with one attached hydrogen (secondary N) is 1. The molecule has 2 amide bonds. The van der Waals surface area contributed by atoms with Gasteiger partial charge >= 0.3 is 0 Å². The summed E-state index contributed by atoms with van der Waals surface area (Å²) in [7, 11) is 3.24. The Labute approximate surface area is 225 Å². The fourth-order valence-corrected chi connectivity index (χ4v) is 5.51. The van der Waals surface area contributed by atoms with Crippen LogP contribution in [-0.4, -0.2) is 47.2 Å². The summed E-state index contributed by atoms with van der Waals surface area (Å²) in [6.07, 6.45) is 0.605. The second-order valence-electron chi connectivity index (χ2n) is 9.05. The smallest absolute Gasteiger partial charge is 0.262 e. The number of aryl methyl sites for hydroxylation is 1. The van der Waals surface area contributed by atoms with E-state index in [-0.39, 0.29) is 24.3 Å². The van der Waals surface area contributed by atoms with Gasteiger partial charge in [0.1, 0.15) is 16.7 Å². The molecule has 0 aromatic heterocycles. The number of thioether (sulfide) groups is 1. The summed E-state index contributed by atoms with van der Waals surface area (Å²) in [4.78, 5) is 29.8. The lowest BCUT2D eigenvalue weighted by Gasteiger charge is -2.23. The van der Waals surface area contributed by atoms with E-state index in [2.05, 4.69) is 34.6 Å². The summed E-state index contributed by atoms with van der Waals surface area (Å²) in [6.45, 7) is 2.04. The van der Waals surface area contributed by atoms with E-state index in [1.54, 1.807) is 19.2 Å². The van der Waals surface area contributed by atoms with E-state index in [0.29, 0.717) is 28.8 Å². The maximum atomic E-state index is 12.9. The molecule has 0 saturated carbocycles. The molecule has 8 nitrogen and oxygen atoms in total. The zero-order chi connectivity index (χ0) is 26.6. The van der Waals surface area contributed by atoms with Crippen molar-refractivity contribution < 1.29 is 19.1 Å². The van der Waals surface area contributed by atoms with Gasteiger partial charge in [0.05, 0.1) is 26.0 Å². The van der Waals surface area contributed by atoms with Crippen LogP contribution in [0, 0.1) is 6.92 Å². The maximum Gasteiger partial charge on any atom is 0.262 e. The number of carbonyl (C=O) groups is 2. The van der Waals surface area contributed by atoms with Gasteiger partial charge in [-0.3, -0.25) is 9.59 Å². The van der Waals surface area contributed by atoms with Crippen LogP contribution in [0.2, 0.25) is 0 Å². The Balaban J connectivity index is 1.41. The molecule has 1 N–H and O–H groups in total. The molecule has 0 radical (unpaired) electrons. The normalized spacial score (nSPS) is 18.7. The highest BCUT2D eigenvalue weighted by Crippen LogP contribution is 2.40. The Hall–Kier alpha value is -4.11. The first kappa shape index (κ1) is 25.5. The topological polar surface area (TPSA) is 92.6 Å². The maximum absolute atomic E-state index is 12.9. The molecular formula is C29H28N4O4S. The minimum Gasteiger partial charge on any atom is -0.497 e. The van der Waals surface area contributed by atoms with Crippen molar-refractivity contribution in [3.8, 4) is 11.5 Å². The first-order valence-electron chi connectivity index (χ1n) is 12.2. The minimum absolute atomic E-state index is 0.0225. The predicted molar refractivity (Wildman–Crippen MR) is 150 cm³/mol. The van der Waals surface area contributed by atoms with Gasteiger partial charge in [-0.15, -0.1) is 0 Å². The minimum atomic E-state index is -0.613. The van der Waals surface area contributed by atoms with Crippen molar-refractivity contribution >= 4 is 40.1 Å². The van der Waals surface area contributed by atoms with Crippen molar-refractivity contribution in [1.29, 1.82) is 0 Å². The largest absolute Gasteiger partial charge is 0.497 e. The highest BCUT2D eigenvalue weighted by molar-refractivity contribution is 8.15. The van der Waals surface area contributed by atoms with Crippen LogP contribution in [-0.2, 0) is 9.59 Å². The molecule has 38 heavy (non-hydrogen) atoms. The van der Waals surface area contributed by atoms with Crippen molar-refractivity contribution in [3.05, 3.63) is 89.5 Å². The number of carbonyl (C=O) groups excluding carboxylic acids is 2. The number of hydrazone groups is 1. The van der Waals surface area contributed by atoms with Crippen molar-refractivity contribution in [2.75, 3.05) is 19.5 Å². The third-order valence-corrected chi connectivity index (χ3v) is 7.59. The zero-order valence-corrected chi connectivity index (χ0v) is 22.2. The van der Waals surface area contributed by atoms with Crippen molar-refractivity contribution in [3.63, 3.8) is 0 Å². The number of amides is 2. The molecule has 2 atom stereocenters. The van der Waals surface area contributed by atoms with Crippen LogP contribution in [0.5, 0.6) is 11.5 Å². The van der Waals surface area contributed by atoms with Crippen LogP contribution in [0.4, 0.5) is 5.69 Å². The number of hydrogen-bond donors (Lipinski definition) is 1. The van der Waals surface area contributed by atoms with E-state index in [9.17, 15) is 9.59 Å². The summed E-state index contributed by atoms with van der Waals surface area (Å²) in [5.41, 5.74) is 4.51. The number of amidine groups is 1. The molecule has 0 aliphatic carbocycles. The molecule has 0 bridgehead atoms. The Morgan fingerprint density at radius 3 is 2.53 bits per heavy atom. The molecule has 0 fully saturated rings. The number of rotatable bonds is 7. The molecule has 2 heterocycles. The predicted octanol–water partition coefficient (Wildman–Crippen LogP) is 5.19. The molecule has 0 spiro atoms. The average molecular weight is 529 g/mol. The first-order valence-corrected chi connectivity index (χ1v) is 13.1. The molecule has 194 valence electrons. The van der Waals surface area contributed by atoms with Gasteiger partial charge in [0, 0.05) is 24.1 Å². The quantitative estimate of drug-likeness (QED) is 0.454. The van der Waals surface area contributed by atoms with Gasteiger partial charge < -0.3 is 14.8 Å². The Bertz CT molecular complexity index is 1410. The van der Waals surface area contributed by atoms with Crippen LogP contribution >= 0.6 is 11.8 Å². The fourth-order valence-electron chi connectivity index (χ4n) is 4.44. The van der Waals surface area contributed by atoms with Crippen molar-refractivity contribution in [2.45, 2.75) is 31.1 Å². The Morgan fingerprint density at radius 1 is 1.05 bits per heavy atom. The molecule has 5 rings (SSSR count). The van der Waals surface area contributed by atoms with Gasteiger partial charge in [-0.1, -0.05) is 59.8 Å². The Kier molecular flexibility index (Phi) is 7.46. The highest BCUT2D eigenvalue weighted by atomic mass is 32.2. The summed E-state index contributed by atoms with van der Waals surface area (Å²) in [5.74, 6) is 0.807. The molecule has 0 unspecified atom stereocenters. The van der Waals surface area contributed by atoms with Gasteiger partial charge in [-0.2, -0.15) is 10.1 Å². The number of nitrogens with zero attached hydrogens (tertiary/aromatic N) is 3. The highest BCUT2D eigenvalue weighted by Gasteiger charge is 2.39. The summed E-state index contributed by atoms with van der Waals surface area (Å²) in [5, 5.41) is 9.44. The number of anilines is 1. The molecule has 2 aliphatic rings. The summed E-state index contributed by atoms with van der Waals surface area (Å²) >= 11 is 1.27. The zero-order valence-electron chi connectivity index (χ0n) is 21.4. The average Bonchev–Trinajstić information content (AvgIpc) is 3.53. The number of para-hydroxylation sites is 1. The van der Waals surface area contributed by atoms with Gasteiger partial charge in [0.15, 0.2) is 5.17 Å². The number of methoxy groups -OCH3 is 2. The third kappa shape index (κ3) is 5.43. The summed E-state index contributed by atoms with van der Waals surface area (Å²) < 4.78 is 11.1. The standard InChI is InChI=1S/C29H28N4O4S/c1-18-9-11-19(12-10-18)24-16-23(22-15-21(36-2)13-14-25(22)37-3)32-33(24)29-31-28(35)26(38-29)17-27(34)30-20-7-5-4-6-8-20/h4-15,24,26H,16-17H2,1-3H3,(H,30,34)/t24-,26-/m1/s1. The lowest BCUT2D eigenvalue weighted by Crippen LogP contribution is -2.25. The van der Waals surface area contributed by atoms with Crippen LogP contribution in [0.25, 0.3) is 0 Å². The van der Waals surface area contributed by atoms with Gasteiger partial charge in [0.25, 0.3) is 5.91 Å². The molecule has 0 saturated heterocycles. The number of ether oxygens (including phenoxy) is 2. The second kappa shape index (κ2) is 11.1.